The van der Waals surface area contributed by atoms with Gasteiger partial charge in [0.1, 0.15) is 10.6 Å². The summed E-state index contributed by atoms with van der Waals surface area (Å²) in [5.74, 6) is -0.710. The van der Waals surface area contributed by atoms with Crippen LogP contribution in [0.2, 0.25) is 5.02 Å². The summed E-state index contributed by atoms with van der Waals surface area (Å²) < 4.78 is 0. The standard InChI is InChI=1S/C23H15ClN4O5S/c1-13-20(27(30)31)10-15(11-21(13)28(32)33)22(29)25-16-6-4-5-14(9-16)19-12-34-23(26-19)17-7-2-3-8-18(17)24/h2-12H,1H3,(H,25,29). The van der Waals surface area contributed by atoms with Crippen LogP contribution >= 0.6 is 22.9 Å². The zero-order valence-electron chi connectivity index (χ0n) is 17.5. The third-order valence-electron chi connectivity index (χ3n) is 5.03. The molecule has 0 radical (unpaired) electrons. The Kier molecular flexibility index (Phi) is 6.35. The minimum Gasteiger partial charge on any atom is -0.322 e. The third-order valence-corrected chi connectivity index (χ3v) is 6.24. The number of nitro groups is 2. The summed E-state index contributed by atoms with van der Waals surface area (Å²) in [6.45, 7) is 1.27. The fraction of sp³-hybridized carbons (Fsp3) is 0.0435. The van der Waals surface area contributed by atoms with E-state index in [-0.39, 0.29) is 11.1 Å². The highest BCUT2D eigenvalue weighted by molar-refractivity contribution is 7.13. The van der Waals surface area contributed by atoms with Crippen LogP contribution in [0.15, 0.2) is 66.0 Å². The predicted octanol–water partition coefficient (Wildman–Crippen LogP) is 6.51. The van der Waals surface area contributed by atoms with Gasteiger partial charge in [0.25, 0.3) is 17.3 Å². The van der Waals surface area contributed by atoms with Crippen molar-refractivity contribution in [2.45, 2.75) is 6.92 Å². The van der Waals surface area contributed by atoms with Crippen LogP contribution < -0.4 is 5.32 Å². The molecule has 0 spiro atoms. The number of hydrogen-bond acceptors (Lipinski definition) is 7. The number of thiazole rings is 1. The number of aromatic nitrogens is 1. The lowest BCUT2D eigenvalue weighted by Gasteiger charge is -2.08. The molecule has 4 rings (SSSR count). The molecule has 0 aliphatic carbocycles. The number of anilines is 1. The average Bonchev–Trinajstić information content (AvgIpc) is 3.29. The van der Waals surface area contributed by atoms with Crippen LogP contribution in [-0.4, -0.2) is 20.7 Å². The fourth-order valence-corrected chi connectivity index (χ4v) is 4.47. The Hall–Kier alpha value is -4.15. The Morgan fingerprint density at radius 1 is 1.00 bits per heavy atom. The Morgan fingerprint density at radius 2 is 1.68 bits per heavy atom. The number of rotatable bonds is 6. The molecular formula is C23H15ClN4O5S. The molecule has 1 heterocycles. The summed E-state index contributed by atoms with van der Waals surface area (Å²) in [5.41, 5.74) is 1.32. The number of halogens is 1. The maximum atomic E-state index is 12.8. The van der Waals surface area contributed by atoms with Gasteiger partial charge in [-0.25, -0.2) is 4.98 Å². The van der Waals surface area contributed by atoms with E-state index in [1.165, 1.54) is 18.3 Å². The van der Waals surface area contributed by atoms with Crippen molar-refractivity contribution in [3.63, 3.8) is 0 Å². The minimum atomic E-state index is -0.751. The molecule has 0 atom stereocenters. The Balaban J connectivity index is 1.62. The molecule has 1 amide bonds. The maximum Gasteiger partial charge on any atom is 0.279 e. The first-order valence-corrected chi connectivity index (χ1v) is 11.1. The van der Waals surface area contributed by atoms with Crippen LogP contribution in [0.3, 0.4) is 0 Å². The van der Waals surface area contributed by atoms with E-state index in [9.17, 15) is 25.0 Å². The van der Waals surface area contributed by atoms with Crippen molar-refractivity contribution in [3.05, 3.63) is 102 Å². The van der Waals surface area contributed by atoms with E-state index in [2.05, 4.69) is 10.3 Å². The van der Waals surface area contributed by atoms with Crippen LogP contribution in [0.25, 0.3) is 21.8 Å². The van der Waals surface area contributed by atoms with Crippen LogP contribution in [0.1, 0.15) is 15.9 Å². The largest absolute Gasteiger partial charge is 0.322 e. The average molecular weight is 495 g/mol. The number of benzene rings is 3. The third kappa shape index (κ3) is 4.63. The number of amides is 1. The van der Waals surface area contributed by atoms with Crippen LogP contribution in [-0.2, 0) is 0 Å². The van der Waals surface area contributed by atoms with Crippen LogP contribution in [0.4, 0.5) is 17.1 Å². The van der Waals surface area contributed by atoms with Gasteiger partial charge in [-0.05, 0) is 25.1 Å². The minimum absolute atomic E-state index is 0.119. The summed E-state index contributed by atoms with van der Waals surface area (Å²) in [6, 6.07) is 16.3. The van der Waals surface area contributed by atoms with Crippen molar-refractivity contribution in [1.29, 1.82) is 0 Å². The molecular weight excluding hydrogens is 480 g/mol. The lowest BCUT2D eigenvalue weighted by Crippen LogP contribution is -2.13. The summed E-state index contributed by atoms with van der Waals surface area (Å²) in [7, 11) is 0. The monoisotopic (exact) mass is 494 g/mol. The molecule has 34 heavy (non-hydrogen) atoms. The molecule has 0 aliphatic rings. The topological polar surface area (TPSA) is 128 Å². The quantitative estimate of drug-likeness (QED) is 0.240. The highest BCUT2D eigenvalue weighted by Crippen LogP contribution is 2.34. The number of nitrogens with one attached hydrogen (secondary N) is 1. The second-order valence-corrected chi connectivity index (χ2v) is 8.47. The molecule has 11 heteroatoms. The zero-order chi connectivity index (χ0) is 24.4. The number of carbonyl (C=O) groups excluding carboxylic acids is 1. The molecule has 1 aromatic heterocycles. The van der Waals surface area contributed by atoms with E-state index in [0.29, 0.717) is 16.4 Å². The van der Waals surface area contributed by atoms with Crippen molar-refractivity contribution < 1.29 is 14.6 Å². The molecule has 0 saturated heterocycles. The second kappa shape index (κ2) is 9.38. The number of nitrogens with zero attached hydrogens (tertiary/aromatic N) is 3. The molecule has 0 saturated carbocycles. The summed E-state index contributed by atoms with van der Waals surface area (Å²) in [4.78, 5) is 38.5. The summed E-state index contributed by atoms with van der Waals surface area (Å²) in [5, 5.41) is 28.4. The van der Waals surface area contributed by atoms with Crippen molar-refractivity contribution in [2.24, 2.45) is 0 Å². The number of hydrogen-bond donors (Lipinski definition) is 1. The highest BCUT2D eigenvalue weighted by Gasteiger charge is 2.25. The van der Waals surface area contributed by atoms with Gasteiger partial charge < -0.3 is 5.32 Å². The Labute approximate surface area is 202 Å². The normalized spacial score (nSPS) is 10.6. The maximum absolute atomic E-state index is 12.8. The second-order valence-electron chi connectivity index (χ2n) is 7.21. The van der Waals surface area contributed by atoms with Gasteiger partial charge in [-0.15, -0.1) is 11.3 Å². The lowest BCUT2D eigenvalue weighted by molar-refractivity contribution is -0.395. The van der Waals surface area contributed by atoms with Gasteiger partial charge in [0.05, 0.1) is 26.1 Å². The van der Waals surface area contributed by atoms with Crippen molar-refractivity contribution in [2.75, 3.05) is 5.32 Å². The smallest absolute Gasteiger partial charge is 0.279 e. The summed E-state index contributed by atoms with van der Waals surface area (Å²) in [6.07, 6.45) is 0. The van der Waals surface area contributed by atoms with E-state index in [0.717, 1.165) is 28.3 Å². The molecule has 1 N–H and O–H groups in total. The lowest BCUT2D eigenvalue weighted by atomic mass is 10.1. The zero-order valence-corrected chi connectivity index (χ0v) is 19.1. The van der Waals surface area contributed by atoms with E-state index >= 15 is 0 Å². The predicted molar refractivity (Wildman–Crippen MR) is 130 cm³/mol. The number of carbonyl (C=O) groups is 1. The van der Waals surface area contributed by atoms with Crippen molar-refractivity contribution in [3.8, 4) is 21.8 Å². The molecule has 0 bridgehead atoms. The van der Waals surface area contributed by atoms with Gasteiger partial charge in [0.2, 0.25) is 0 Å². The van der Waals surface area contributed by atoms with E-state index in [1.807, 2.05) is 29.6 Å². The molecule has 0 fully saturated rings. The van der Waals surface area contributed by atoms with E-state index < -0.39 is 27.1 Å². The van der Waals surface area contributed by atoms with Crippen molar-refractivity contribution >= 4 is 45.9 Å². The van der Waals surface area contributed by atoms with Gasteiger partial charge >= 0.3 is 0 Å². The molecule has 0 aliphatic heterocycles. The molecule has 4 aromatic rings. The number of nitro benzene ring substituents is 2. The first-order valence-electron chi connectivity index (χ1n) is 9.80. The highest BCUT2D eigenvalue weighted by atomic mass is 35.5. The molecule has 170 valence electrons. The molecule has 9 nitrogen and oxygen atoms in total. The van der Waals surface area contributed by atoms with Gasteiger partial charge in [-0.2, -0.15) is 0 Å². The van der Waals surface area contributed by atoms with E-state index in [1.54, 1.807) is 24.3 Å². The fourth-order valence-electron chi connectivity index (χ4n) is 3.32. The van der Waals surface area contributed by atoms with E-state index in [4.69, 9.17) is 11.6 Å². The van der Waals surface area contributed by atoms with Crippen molar-refractivity contribution in [1.82, 2.24) is 4.98 Å². The first kappa shape index (κ1) is 23.0. The van der Waals surface area contributed by atoms with Crippen LogP contribution in [0.5, 0.6) is 0 Å². The van der Waals surface area contributed by atoms with Gasteiger partial charge in [-0.1, -0.05) is 41.9 Å². The molecule has 3 aromatic carbocycles. The van der Waals surface area contributed by atoms with Crippen LogP contribution in [0, 0.1) is 27.2 Å². The Morgan fingerprint density at radius 3 is 2.32 bits per heavy atom. The van der Waals surface area contributed by atoms with Gasteiger partial charge in [-0.3, -0.25) is 25.0 Å². The van der Waals surface area contributed by atoms with Gasteiger partial charge in [0, 0.05) is 34.3 Å². The molecule has 0 unspecified atom stereocenters. The first-order chi connectivity index (χ1) is 16.2. The van der Waals surface area contributed by atoms with Gasteiger partial charge in [0.15, 0.2) is 0 Å². The summed E-state index contributed by atoms with van der Waals surface area (Å²) >= 11 is 7.69. The SMILES string of the molecule is Cc1c([N+](=O)[O-])cc(C(=O)Nc2cccc(-c3csc(-c4ccccc4Cl)n3)c2)cc1[N+](=O)[O-]. The Bertz CT molecular complexity index is 1420.